The molecule has 8 N–H and O–H groups in total. The van der Waals surface area contributed by atoms with Gasteiger partial charge in [-0.15, -0.1) is 0 Å². The molecule has 0 saturated carbocycles. The summed E-state index contributed by atoms with van der Waals surface area (Å²) >= 11 is 0. The van der Waals surface area contributed by atoms with Gasteiger partial charge in [0.25, 0.3) is 0 Å². The van der Waals surface area contributed by atoms with Gasteiger partial charge in [-0.1, -0.05) is 0 Å². The van der Waals surface area contributed by atoms with Crippen molar-refractivity contribution in [1.29, 1.82) is 0 Å². The zero-order valence-electron chi connectivity index (χ0n) is 3.00. The predicted octanol–water partition coefficient (Wildman–Crippen LogP) is -3.19. The molecule has 0 aromatic carbocycles. The molecule has 0 aromatic rings. The minimum absolute atomic E-state index is 0. The van der Waals surface area contributed by atoms with Crippen LogP contribution in [0.4, 0.5) is 0 Å². The van der Waals surface area contributed by atoms with E-state index in [0.717, 1.165) is 0 Å². The molecule has 6 heavy (non-hydrogen) atoms. The van der Waals surface area contributed by atoms with E-state index in [1.54, 1.807) is 0 Å². The Bertz CT molecular complexity index is 7.51. The second kappa shape index (κ2) is 174. The fourth-order valence-electron chi connectivity index (χ4n) is 0. The summed E-state index contributed by atoms with van der Waals surface area (Å²) in [4.78, 5) is 0. The molecule has 0 aliphatic heterocycles. The Labute approximate surface area is 57.5 Å². The Hall–Kier alpha value is 0.904. The first-order valence-electron chi connectivity index (χ1n) is 0. The van der Waals surface area contributed by atoms with E-state index in [9.17, 15) is 0 Å². The summed E-state index contributed by atoms with van der Waals surface area (Å²) in [7, 11) is 0. The van der Waals surface area contributed by atoms with Crippen molar-refractivity contribution >= 4 is 13.5 Å². The van der Waals surface area contributed by atoms with Crippen molar-refractivity contribution in [3.05, 3.63) is 0 Å². The molecule has 44 valence electrons. The van der Waals surface area contributed by atoms with Crippen molar-refractivity contribution in [1.82, 2.24) is 0 Å². The van der Waals surface area contributed by atoms with E-state index < -0.39 is 0 Å². The van der Waals surface area contributed by atoms with Gasteiger partial charge >= 0.3 is 0 Å². The van der Waals surface area contributed by atoms with Crippen LogP contribution in [-0.2, 0) is 21.7 Å². The summed E-state index contributed by atoms with van der Waals surface area (Å²) in [6.45, 7) is 0. The van der Waals surface area contributed by atoms with Gasteiger partial charge in [0.1, 0.15) is 0 Å². The quantitative estimate of drug-likeness (QED) is 0.326. The minimum Gasteiger partial charge on any atom is -0.412 e. The Morgan fingerprint density at radius 2 is 0.500 bits per heavy atom. The first kappa shape index (κ1) is 294. The third kappa shape index (κ3) is 91.4. The first-order valence-corrected chi connectivity index (χ1v) is 0. The van der Waals surface area contributed by atoms with Crippen LogP contribution in [0.25, 0.3) is 0 Å². The second-order valence-corrected chi connectivity index (χ2v) is 0. The van der Waals surface area contributed by atoms with E-state index in [2.05, 4.69) is 0 Å². The molecule has 0 aliphatic carbocycles. The van der Waals surface area contributed by atoms with Crippen LogP contribution < -0.4 is 0 Å². The van der Waals surface area contributed by atoms with Crippen molar-refractivity contribution in [2.45, 2.75) is 0 Å². The standard InChI is InChI=1S/4H2O.H2S.Ti/h5*1H2;. The topological polar surface area (TPSA) is 126 Å². The van der Waals surface area contributed by atoms with Crippen molar-refractivity contribution in [2.75, 3.05) is 0 Å². The Kier molecular flexibility index (Phi) is 8520. The fourth-order valence-corrected chi connectivity index (χ4v) is 0. The fraction of sp³-hybridized carbons (Fsp3) is 0. The van der Waals surface area contributed by atoms with E-state index >= 15 is 0 Å². The van der Waals surface area contributed by atoms with Gasteiger partial charge in [0.05, 0.1) is 0 Å². The molecule has 0 aliphatic rings. The summed E-state index contributed by atoms with van der Waals surface area (Å²) in [6, 6.07) is 0. The molecule has 6 heteroatoms. The maximum absolute atomic E-state index is 0. The summed E-state index contributed by atoms with van der Waals surface area (Å²) in [5.74, 6) is 0. The smallest absolute Gasteiger partial charge is 0 e. The van der Waals surface area contributed by atoms with Gasteiger partial charge in [-0.3, -0.25) is 0 Å². The van der Waals surface area contributed by atoms with Gasteiger partial charge in [0, 0.05) is 21.7 Å². The molecule has 0 amide bonds. The van der Waals surface area contributed by atoms with E-state index in [1.165, 1.54) is 0 Å². The van der Waals surface area contributed by atoms with Crippen molar-refractivity contribution in [3.63, 3.8) is 0 Å². The molecule has 0 radical (unpaired) electrons. The van der Waals surface area contributed by atoms with Gasteiger partial charge in [0.15, 0.2) is 0 Å². The van der Waals surface area contributed by atoms with Crippen LogP contribution in [0.2, 0.25) is 0 Å². The maximum Gasteiger partial charge on any atom is 0 e. The summed E-state index contributed by atoms with van der Waals surface area (Å²) in [6.07, 6.45) is 0. The van der Waals surface area contributed by atoms with Crippen LogP contribution in [0, 0.1) is 0 Å². The molecule has 0 unspecified atom stereocenters. The third-order valence-corrected chi connectivity index (χ3v) is 0. The Balaban J connectivity index is 0. The zero-order valence-corrected chi connectivity index (χ0v) is 5.56. The largest absolute Gasteiger partial charge is 0.412 e. The Morgan fingerprint density at radius 3 is 0.500 bits per heavy atom. The van der Waals surface area contributed by atoms with Crippen molar-refractivity contribution in [2.24, 2.45) is 0 Å². The Morgan fingerprint density at radius 1 is 0.500 bits per heavy atom. The molecule has 0 atom stereocenters. The van der Waals surface area contributed by atoms with Crippen LogP contribution >= 0.6 is 13.5 Å². The molecule has 0 heterocycles. The molecule has 0 rings (SSSR count). The van der Waals surface area contributed by atoms with E-state index in [4.69, 9.17) is 0 Å². The average Bonchev–Trinajstić information content (AvgIpc) is 0. The monoisotopic (exact) mass is 154 g/mol. The molecular formula is H10O4STi. The zero-order chi connectivity index (χ0) is 0. The third-order valence-electron chi connectivity index (χ3n) is 0. The molecule has 0 aromatic heterocycles. The molecule has 0 spiro atoms. The number of hydrogen-bond acceptors (Lipinski definition) is 0. The van der Waals surface area contributed by atoms with E-state index in [-0.39, 0.29) is 57.1 Å². The minimum atomic E-state index is 0. The summed E-state index contributed by atoms with van der Waals surface area (Å²) in [5, 5.41) is 0. The predicted molar refractivity (Wildman–Crippen MR) is 24.8 cm³/mol. The van der Waals surface area contributed by atoms with Crippen LogP contribution in [0.3, 0.4) is 0 Å². The van der Waals surface area contributed by atoms with Crippen LogP contribution in [0.1, 0.15) is 0 Å². The molecule has 0 bridgehead atoms. The number of rotatable bonds is 0. The maximum atomic E-state index is 0. The average molecular weight is 154 g/mol. The SMILES string of the molecule is O.O.O.O.S.[Ti]. The van der Waals surface area contributed by atoms with E-state index in [0.29, 0.717) is 0 Å². The van der Waals surface area contributed by atoms with Gasteiger partial charge in [-0.2, -0.15) is 13.5 Å². The summed E-state index contributed by atoms with van der Waals surface area (Å²) < 4.78 is 0. The van der Waals surface area contributed by atoms with Gasteiger partial charge in [-0.05, 0) is 0 Å². The molecule has 0 fully saturated rings. The molecule has 4 nitrogen and oxygen atoms in total. The van der Waals surface area contributed by atoms with Crippen molar-refractivity contribution < 1.29 is 43.6 Å². The van der Waals surface area contributed by atoms with Crippen molar-refractivity contribution in [3.8, 4) is 0 Å². The first-order chi connectivity index (χ1) is 0. The summed E-state index contributed by atoms with van der Waals surface area (Å²) in [5.41, 5.74) is 0. The number of hydrogen-bond donors (Lipinski definition) is 0. The van der Waals surface area contributed by atoms with Gasteiger partial charge in [-0.25, -0.2) is 0 Å². The van der Waals surface area contributed by atoms with E-state index in [1.807, 2.05) is 0 Å². The second-order valence-electron chi connectivity index (χ2n) is 0. The van der Waals surface area contributed by atoms with Crippen LogP contribution in [-0.4, -0.2) is 21.9 Å². The molecular weight excluding hydrogens is 144 g/mol. The van der Waals surface area contributed by atoms with Crippen LogP contribution in [0.5, 0.6) is 0 Å². The van der Waals surface area contributed by atoms with Crippen LogP contribution in [0.15, 0.2) is 0 Å². The van der Waals surface area contributed by atoms with Gasteiger partial charge in [0.2, 0.25) is 0 Å². The van der Waals surface area contributed by atoms with Gasteiger partial charge < -0.3 is 21.9 Å². The molecule has 0 saturated heterocycles. The normalized spacial score (nSPS) is 0.